The van der Waals surface area contributed by atoms with Crippen LogP contribution in [0.25, 0.3) is 5.82 Å². The second-order valence-corrected chi connectivity index (χ2v) is 8.41. The molecule has 0 unspecified atom stereocenters. The predicted octanol–water partition coefficient (Wildman–Crippen LogP) is 2.66. The maximum Gasteiger partial charge on any atom is 0.455 e. The fraction of sp³-hybridized carbons (Fsp3) is 0.174. The smallest absolute Gasteiger partial charge is 0.339 e. The van der Waals surface area contributed by atoms with Gasteiger partial charge in [-0.15, -0.1) is 10.2 Å². The van der Waals surface area contributed by atoms with Gasteiger partial charge >= 0.3 is 6.18 Å². The van der Waals surface area contributed by atoms with Crippen LogP contribution in [-0.4, -0.2) is 53.3 Å². The Hall–Kier alpha value is -5.35. The monoisotopic (exact) mass is 569 g/mol. The number of carbonyl (C=O) groups is 2. The molecule has 0 saturated heterocycles. The van der Waals surface area contributed by atoms with E-state index < -0.39 is 30.4 Å². The van der Waals surface area contributed by atoms with Crippen molar-refractivity contribution in [3.05, 3.63) is 75.5 Å². The molecular weight excluding hydrogens is 555 g/mol. The summed E-state index contributed by atoms with van der Waals surface area (Å²) in [6.45, 7) is 0.853. The van der Waals surface area contributed by atoms with Crippen LogP contribution in [0.4, 0.5) is 18.9 Å². The quantitative estimate of drug-likeness (QED) is 0.316. The lowest BCUT2D eigenvalue weighted by molar-refractivity contribution is -0.145. The average Bonchev–Trinajstić information content (AvgIpc) is 3.56. The Morgan fingerprint density at radius 2 is 1.93 bits per heavy atom. The van der Waals surface area contributed by atoms with Gasteiger partial charge in [0.1, 0.15) is 18.8 Å². The van der Waals surface area contributed by atoms with Gasteiger partial charge in [-0.2, -0.15) is 33.6 Å². The minimum absolute atomic E-state index is 0.0339. The lowest BCUT2D eigenvalue weighted by atomic mass is 10.0. The van der Waals surface area contributed by atoms with Crippen LogP contribution in [0.15, 0.2) is 36.5 Å². The lowest BCUT2D eigenvalue weighted by Crippen LogP contribution is -2.26. The first-order valence-corrected chi connectivity index (χ1v) is 11.5. The molecule has 1 aromatic carbocycles. The summed E-state index contributed by atoms with van der Waals surface area (Å²) in [4.78, 5) is 31.0. The minimum Gasteiger partial charge on any atom is -0.339 e. The Labute approximate surface area is 227 Å². The summed E-state index contributed by atoms with van der Waals surface area (Å²) >= 11 is 6.26. The van der Waals surface area contributed by atoms with Gasteiger partial charge in [-0.1, -0.05) is 11.6 Å². The molecule has 0 aliphatic carbocycles. The molecule has 0 atom stereocenters. The molecule has 17 heteroatoms. The van der Waals surface area contributed by atoms with Gasteiger partial charge < -0.3 is 10.6 Å². The van der Waals surface area contributed by atoms with E-state index in [2.05, 4.69) is 36.1 Å². The number of halogens is 4. The number of tetrazole rings is 1. The SMILES string of the molecule is Cc1cc(C#N)cc(C(=O)NCC#N)c1NC(=O)c1cc(Cn2nnc(C(F)(F)F)n2)nn1-c1ncccc1Cl. The summed E-state index contributed by atoms with van der Waals surface area (Å²) in [5, 5.41) is 37.1. The summed E-state index contributed by atoms with van der Waals surface area (Å²) in [5.41, 5.74) is 0.384. The topological polar surface area (TPSA) is 180 Å². The normalized spacial score (nSPS) is 11.0. The first-order valence-electron chi connectivity index (χ1n) is 11.1. The van der Waals surface area contributed by atoms with Crippen molar-refractivity contribution >= 4 is 29.1 Å². The van der Waals surface area contributed by atoms with Gasteiger partial charge in [-0.25, -0.2) is 9.67 Å². The van der Waals surface area contributed by atoms with E-state index in [4.69, 9.17) is 16.9 Å². The maximum atomic E-state index is 13.5. The highest BCUT2D eigenvalue weighted by Crippen LogP contribution is 2.27. The number of hydrogen-bond acceptors (Lipinski definition) is 9. The second kappa shape index (κ2) is 11.2. The third-order valence-electron chi connectivity index (χ3n) is 5.22. The number of amides is 2. The van der Waals surface area contributed by atoms with Crippen LogP contribution < -0.4 is 10.6 Å². The standard InChI is InChI=1S/C23H15ClF3N11O2/c1-12-7-13(10-29)8-15(20(39)31-6-4-28)18(12)32-21(40)17-9-14(11-37-35-22(33-36-37)23(25,26)27)34-38(17)19-16(24)3-2-5-30-19/h2-3,5,7-9H,6,11H2,1H3,(H,31,39)(H,32,40). The number of alkyl halides is 3. The lowest BCUT2D eigenvalue weighted by Gasteiger charge is -2.15. The Kier molecular flexibility index (Phi) is 7.73. The molecule has 4 rings (SSSR count). The molecule has 0 spiro atoms. The molecule has 3 heterocycles. The molecule has 13 nitrogen and oxygen atoms in total. The number of pyridine rings is 1. The molecule has 0 aliphatic heterocycles. The van der Waals surface area contributed by atoms with Crippen molar-refractivity contribution in [1.29, 1.82) is 10.5 Å². The first-order chi connectivity index (χ1) is 19.0. The zero-order valence-electron chi connectivity index (χ0n) is 20.2. The summed E-state index contributed by atoms with van der Waals surface area (Å²) in [6, 6.07) is 10.7. The minimum atomic E-state index is -4.81. The number of nitrogens with zero attached hydrogens (tertiary/aromatic N) is 9. The number of nitriles is 2. The van der Waals surface area contributed by atoms with Crippen LogP contribution in [0.1, 0.15) is 43.5 Å². The van der Waals surface area contributed by atoms with Gasteiger partial charge in [0.25, 0.3) is 17.6 Å². The molecule has 40 heavy (non-hydrogen) atoms. The summed E-state index contributed by atoms with van der Waals surface area (Å²) in [6.07, 6.45) is -3.42. The van der Waals surface area contributed by atoms with E-state index in [1.807, 2.05) is 6.07 Å². The van der Waals surface area contributed by atoms with Crippen molar-refractivity contribution in [2.75, 3.05) is 11.9 Å². The first kappa shape index (κ1) is 27.7. The van der Waals surface area contributed by atoms with Gasteiger partial charge in [0.2, 0.25) is 0 Å². The second-order valence-electron chi connectivity index (χ2n) is 8.01. The highest BCUT2D eigenvalue weighted by molar-refractivity contribution is 6.32. The molecule has 0 radical (unpaired) electrons. The largest absolute Gasteiger partial charge is 0.455 e. The number of hydrogen-bond donors (Lipinski definition) is 2. The molecule has 2 amide bonds. The van der Waals surface area contributed by atoms with E-state index in [0.717, 1.165) is 4.68 Å². The Balaban J connectivity index is 1.75. The van der Waals surface area contributed by atoms with Crippen LogP contribution in [-0.2, 0) is 12.7 Å². The van der Waals surface area contributed by atoms with E-state index >= 15 is 0 Å². The van der Waals surface area contributed by atoms with Crippen molar-refractivity contribution in [2.24, 2.45) is 0 Å². The van der Waals surface area contributed by atoms with Crippen molar-refractivity contribution in [3.8, 4) is 18.0 Å². The van der Waals surface area contributed by atoms with Crippen molar-refractivity contribution in [1.82, 2.24) is 40.3 Å². The molecule has 0 bridgehead atoms. The zero-order valence-corrected chi connectivity index (χ0v) is 21.0. The number of nitrogens with one attached hydrogen (secondary N) is 2. The highest BCUT2D eigenvalue weighted by atomic mass is 35.5. The van der Waals surface area contributed by atoms with Crippen LogP contribution in [0.3, 0.4) is 0 Å². The van der Waals surface area contributed by atoms with E-state index in [0.29, 0.717) is 10.4 Å². The zero-order chi connectivity index (χ0) is 29.0. The van der Waals surface area contributed by atoms with Gasteiger partial charge in [0.15, 0.2) is 5.82 Å². The number of aryl methyl sites for hydroxylation is 1. The number of carbonyl (C=O) groups excluding carboxylic acids is 2. The van der Waals surface area contributed by atoms with Crippen molar-refractivity contribution < 1.29 is 22.8 Å². The number of aromatic nitrogens is 7. The molecule has 3 aromatic heterocycles. The molecule has 0 saturated carbocycles. The number of benzene rings is 1. The third kappa shape index (κ3) is 5.87. The fourth-order valence-electron chi connectivity index (χ4n) is 3.52. The van der Waals surface area contributed by atoms with Crippen LogP contribution >= 0.6 is 11.6 Å². The van der Waals surface area contributed by atoms with Gasteiger partial charge in [-0.05, 0) is 48.0 Å². The maximum absolute atomic E-state index is 13.5. The predicted molar refractivity (Wildman–Crippen MR) is 130 cm³/mol. The van der Waals surface area contributed by atoms with Crippen LogP contribution in [0.2, 0.25) is 5.02 Å². The Bertz CT molecular complexity index is 1700. The number of anilines is 1. The van der Waals surface area contributed by atoms with Gasteiger partial charge in [-0.3, -0.25) is 9.59 Å². The molecular formula is C23H15ClF3N11O2. The van der Waals surface area contributed by atoms with Crippen LogP contribution in [0.5, 0.6) is 0 Å². The Morgan fingerprint density at radius 3 is 2.58 bits per heavy atom. The van der Waals surface area contributed by atoms with E-state index in [1.165, 1.54) is 30.5 Å². The van der Waals surface area contributed by atoms with E-state index in [9.17, 15) is 28.0 Å². The summed E-state index contributed by atoms with van der Waals surface area (Å²) < 4.78 is 39.7. The highest BCUT2D eigenvalue weighted by Gasteiger charge is 2.37. The Morgan fingerprint density at radius 1 is 1.15 bits per heavy atom. The van der Waals surface area contributed by atoms with Gasteiger partial charge in [0.05, 0.1) is 39.7 Å². The number of rotatable bonds is 7. The molecule has 4 aromatic rings. The molecule has 2 N–H and O–H groups in total. The average molecular weight is 570 g/mol. The van der Waals surface area contributed by atoms with Crippen LogP contribution in [0, 0.1) is 29.6 Å². The fourth-order valence-corrected chi connectivity index (χ4v) is 3.72. The summed E-state index contributed by atoms with van der Waals surface area (Å²) in [7, 11) is 0. The molecule has 202 valence electrons. The molecule has 0 fully saturated rings. The molecule has 0 aliphatic rings. The summed E-state index contributed by atoms with van der Waals surface area (Å²) in [5.74, 6) is -2.93. The van der Waals surface area contributed by atoms with E-state index in [-0.39, 0.29) is 45.6 Å². The third-order valence-corrected chi connectivity index (χ3v) is 5.51. The van der Waals surface area contributed by atoms with Crippen molar-refractivity contribution in [2.45, 2.75) is 19.6 Å². The van der Waals surface area contributed by atoms with E-state index in [1.54, 1.807) is 19.1 Å². The van der Waals surface area contributed by atoms with Crippen molar-refractivity contribution in [3.63, 3.8) is 0 Å². The van der Waals surface area contributed by atoms with Gasteiger partial charge in [0, 0.05) is 6.20 Å².